The van der Waals surface area contributed by atoms with Gasteiger partial charge in [0.2, 0.25) is 0 Å². The Labute approximate surface area is 147 Å². The van der Waals surface area contributed by atoms with E-state index >= 15 is 0 Å². The molecule has 0 saturated heterocycles. The van der Waals surface area contributed by atoms with Crippen LogP contribution < -0.4 is 21.1 Å². The normalized spacial score (nSPS) is 10.4. The maximum Gasteiger partial charge on any atom is 0.253 e. The van der Waals surface area contributed by atoms with Crippen molar-refractivity contribution < 1.29 is 13.2 Å². The van der Waals surface area contributed by atoms with Crippen molar-refractivity contribution in [3.8, 4) is 11.5 Å². The van der Waals surface area contributed by atoms with Crippen LogP contribution >= 0.6 is 0 Å². The van der Waals surface area contributed by atoms with Gasteiger partial charge in [0.05, 0.1) is 4.90 Å². The first-order valence-corrected chi connectivity index (χ1v) is 8.85. The van der Waals surface area contributed by atoms with E-state index in [1.807, 2.05) is 60.7 Å². The number of ether oxygens (including phenoxy) is 1. The van der Waals surface area contributed by atoms with Gasteiger partial charge in [-0.3, -0.25) is 5.84 Å². The number of nitrogens with one attached hydrogen (secondary N) is 1. The zero-order valence-electron chi connectivity index (χ0n) is 13.4. The summed E-state index contributed by atoms with van der Waals surface area (Å²) in [6.07, 6.45) is 0. The van der Waals surface area contributed by atoms with E-state index in [1.54, 1.807) is 4.83 Å². The van der Waals surface area contributed by atoms with Gasteiger partial charge in [0.1, 0.15) is 11.5 Å². The Hall–Kier alpha value is -2.87. The van der Waals surface area contributed by atoms with Crippen LogP contribution in [0, 0.1) is 0 Å². The molecule has 25 heavy (non-hydrogen) atoms. The van der Waals surface area contributed by atoms with Crippen LogP contribution in [-0.2, 0) is 10.0 Å². The molecule has 7 heteroatoms. The second kappa shape index (κ2) is 8.84. The number of hydrazine groups is 1. The summed E-state index contributed by atoms with van der Waals surface area (Å²) in [6, 6.07) is 25.3. The topological polar surface area (TPSA) is 107 Å². The Morgan fingerprint density at radius 2 is 1.16 bits per heavy atom. The second-order valence-electron chi connectivity index (χ2n) is 4.92. The molecule has 0 spiro atoms. The summed E-state index contributed by atoms with van der Waals surface area (Å²) in [5.41, 5.74) is 5.87. The van der Waals surface area contributed by atoms with Crippen molar-refractivity contribution in [2.75, 3.05) is 5.73 Å². The minimum absolute atomic E-state index is 0.0965. The first-order chi connectivity index (χ1) is 12.0. The molecule has 130 valence electrons. The van der Waals surface area contributed by atoms with E-state index < -0.39 is 10.0 Å². The van der Waals surface area contributed by atoms with Gasteiger partial charge in [0.15, 0.2) is 0 Å². The number of hydrogen-bond donors (Lipinski definition) is 3. The Balaban J connectivity index is 0.000000181. The van der Waals surface area contributed by atoms with Gasteiger partial charge in [-0.05, 0) is 48.5 Å². The molecule has 0 bridgehead atoms. The smallest absolute Gasteiger partial charge is 0.253 e. The van der Waals surface area contributed by atoms with Crippen LogP contribution in [-0.4, -0.2) is 8.42 Å². The minimum atomic E-state index is -3.54. The van der Waals surface area contributed by atoms with Gasteiger partial charge >= 0.3 is 0 Å². The van der Waals surface area contributed by atoms with Crippen molar-refractivity contribution in [3.05, 3.63) is 84.9 Å². The molecule has 0 aliphatic rings. The Morgan fingerprint density at radius 3 is 1.56 bits per heavy atom. The number of sulfonamides is 1. The molecule has 0 aliphatic heterocycles. The average molecular weight is 357 g/mol. The van der Waals surface area contributed by atoms with Crippen molar-refractivity contribution in [1.29, 1.82) is 0 Å². The van der Waals surface area contributed by atoms with Gasteiger partial charge in [-0.25, -0.2) is 8.42 Å². The number of nitrogens with two attached hydrogens (primary N) is 2. The highest BCUT2D eigenvalue weighted by Gasteiger charge is 2.09. The molecule has 0 heterocycles. The molecule has 6 nitrogen and oxygen atoms in total. The number of nitrogen functional groups attached to an aromatic ring is 1. The highest BCUT2D eigenvalue weighted by atomic mass is 32.2. The average Bonchev–Trinajstić information content (AvgIpc) is 2.64. The lowest BCUT2D eigenvalue weighted by molar-refractivity contribution is 0.482. The van der Waals surface area contributed by atoms with Crippen LogP contribution in [0.15, 0.2) is 89.8 Å². The van der Waals surface area contributed by atoms with Crippen LogP contribution in [0.4, 0.5) is 5.69 Å². The third kappa shape index (κ3) is 5.92. The molecule has 0 aromatic heterocycles. The molecule has 3 aromatic rings. The highest BCUT2D eigenvalue weighted by Crippen LogP contribution is 2.19. The Morgan fingerprint density at radius 1 is 0.720 bits per heavy atom. The Kier molecular flexibility index (Phi) is 6.53. The van der Waals surface area contributed by atoms with Crippen LogP contribution in [0.1, 0.15) is 0 Å². The number of anilines is 1. The van der Waals surface area contributed by atoms with Crippen LogP contribution in [0.25, 0.3) is 0 Å². The lowest BCUT2D eigenvalue weighted by Crippen LogP contribution is -2.30. The molecule has 3 rings (SSSR count). The number of rotatable bonds is 4. The summed E-state index contributed by atoms with van der Waals surface area (Å²) in [6.45, 7) is 0. The van der Waals surface area contributed by atoms with Gasteiger partial charge < -0.3 is 10.5 Å². The fourth-order valence-electron chi connectivity index (χ4n) is 1.83. The summed E-state index contributed by atoms with van der Waals surface area (Å²) in [4.78, 5) is 1.80. The van der Waals surface area contributed by atoms with Gasteiger partial charge in [0.25, 0.3) is 10.0 Å². The first-order valence-electron chi connectivity index (χ1n) is 7.37. The lowest BCUT2D eigenvalue weighted by atomic mass is 10.3. The summed E-state index contributed by atoms with van der Waals surface area (Å²) in [7, 11) is -3.54. The molecule has 5 N–H and O–H groups in total. The van der Waals surface area contributed by atoms with E-state index in [0.29, 0.717) is 5.69 Å². The number of para-hydroxylation sites is 2. The highest BCUT2D eigenvalue weighted by molar-refractivity contribution is 7.89. The fourth-order valence-corrected chi connectivity index (χ4v) is 2.46. The van der Waals surface area contributed by atoms with E-state index in [-0.39, 0.29) is 4.90 Å². The summed E-state index contributed by atoms with van der Waals surface area (Å²) in [5, 5.41) is 0. The van der Waals surface area contributed by atoms with Gasteiger partial charge in [0, 0.05) is 5.69 Å². The van der Waals surface area contributed by atoms with Crippen molar-refractivity contribution in [3.63, 3.8) is 0 Å². The van der Waals surface area contributed by atoms with Gasteiger partial charge in [-0.15, -0.1) is 0 Å². The molecular weight excluding hydrogens is 338 g/mol. The van der Waals surface area contributed by atoms with Crippen molar-refractivity contribution in [2.24, 2.45) is 5.84 Å². The van der Waals surface area contributed by atoms with Gasteiger partial charge in [-0.1, -0.05) is 36.4 Å². The second-order valence-corrected chi connectivity index (χ2v) is 6.63. The molecule has 0 radical (unpaired) electrons. The van der Waals surface area contributed by atoms with Crippen LogP contribution in [0.5, 0.6) is 11.5 Å². The first kappa shape index (κ1) is 18.5. The maximum atomic E-state index is 11.0. The van der Waals surface area contributed by atoms with Crippen LogP contribution in [0.2, 0.25) is 0 Å². The molecule has 3 aromatic carbocycles. The summed E-state index contributed by atoms with van der Waals surface area (Å²) in [5.74, 6) is 6.55. The number of hydrogen-bond acceptors (Lipinski definition) is 5. The molecule has 0 amide bonds. The zero-order chi connectivity index (χ0) is 18.1. The summed E-state index contributed by atoms with van der Waals surface area (Å²) < 4.78 is 27.6. The minimum Gasteiger partial charge on any atom is -0.457 e. The molecule has 0 aliphatic carbocycles. The lowest BCUT2D eigenvalue weighted by Gasteiger charge is -2.03. The molecule has 0 atom stereocenters. The van der Waals surface area contributed by atoms with Crippen molar-refractivity contribution >= 4 is 15.7 Å². The standard InChI is InChI=1S/C12H10O.C6H9N3O2S/c1-3-7-11(8-4-1)13-12-9-5-2-6-10-12;7-5-1-3-6(4-2-5)12(10,11)9-8/h1-10H;1-4,9H,7-8H2. The zero-order valence-corrected chi connectivity index (χ0v) is 14.2. The fraction of sp³-hybridized carbons (Fsp3) is 0. The molecular formula is C18H19N3O3S. The quantitative estimate of drug-likeness (QED) is 0.378. The predicted molar refractivity (Wildman–Crippen MR) is 98.3 cm³/mol. The predicted octanol–water partition coefficient (Wildman–Crippen LogP) is 2.90. The summed E-state index contributed by atoms with van der Waals surface area (Å²) >= 11 is 0. The maximum absolute atomic E-state index is 11.0. The number of benzene rings is 3. The van der Waals surface area contributed by atoms with E-state index in [2.05, 4.69) is 0 Å². The van der Waals surface area contributed by atoms with E-state index in [4.69, 9.17) is 16.3 Å². The molecule has 0 unspecified atom stereocenters. The van der Waals surface area contributed by atoms with Crippen molar-refractivity contribution in [1.82, 2.24) is 4.83 Å². The largest absolute Gasteiger partial charge is 0.457 e. The molecule has 0 saturated carbocycles. The third-order valence-corrected chi connectivity index (χ3v) is 4.27. The third-order valence-electron chi connectivity index (χ3n) is 3.07. The van der Waals surface area contributed by atoms with Gasteiger partial charge in [-0.2, -0.15) is 4.83 Å². The van der Waals surface area contributed by atoms with E-state index in [0.717, 1.165) is 11.5 Å². The van der Waals surface area contributed by atoms with E-state index in [9.17, 15) is 8.42 Å². The van der Waals surface area contributed by atoms with Crippen molar-refractivity contribution in [2.45, 2.75) is 4.90 Å². The molecule has 0 fully saturated rings. The SMILES string of the molecule is NNS(=O)(=O)c1ccc(N)cc1.c1ccc(Oc2ccccc2)cc1. The Bertz CT molecular complexity index is 831. The van der Waals surface area contributed by atoms with E-state index in [1.165, 1.54) is 24.3 Å². The van der Waals surface area contributed by atoms with Crippen LogP contribution in [0.3, 0.4) is 0 Å². The monoisotopic (exact) mass is 357 g/mol.